The van der Waals surface area contributed by atoms with Crippen molar-refractivity contribution in [3.8, 4) is 16.9 Å². The molecule has 2 aromatic carbocycles. The number of hydrogen-bond acceptors (Lipinski definition) is 2. The lowest BCUT2D eigenvalue weighted by Crippen LogP contribution is -2.04. The average molecular weight is 253 g/mol. The minimum atomic E-state index is 0.214. The second-order valence-corrected chi connectivity index (χ2v) is 4.99. The third-order valence-corrected chi connectivity index (χ3v) is 3.77. The molecule has 1 atom stereocenters. The van der Waals surface area contributed by atoms with Crippen molar-refractivity contribution in [3.05, 3.63) is 53.6 Å². The molecule has 1 unspecified atom stereocenters. The van der Waals surface area contributed by atoms with Crippen LogP contribution < -0.4 is 10.5 Å². The number of para-hydroxylation sites is 1. The largest absolute Gasteiger partial charge is 0.493 e. The van der Waals surface area contributed by atoms with Crippen LogP contribution in [-0.4, -0.2) is 6.61 Å². The fraction of sp³-hybridized carbons (Fsp3) is 0.294. The lowest BCUT2D eigenvalue weighted by atomic mass is 9.99. The Morgan fingerprint density at radius 2 is 2.05 bits per heavy atom. The van der Waals surface area contributed by atoms with E-state index < -0.39 is 0 Å². The molecule has 0 aromatic heterocycles. The van der Waals surface area contributed by atoms with Crippen molar-refractivity contribution in [2.45, 2.75) is 25.8 Å². The molecule has 19 heavy (non-hydrogen) atoms. The summed E-state index contributed by atoms with van der Waals surface area (Å²) in [5.74, 6) is 0.951. The van der Waals surface area contributed by atoms with Crippen LogP contribution in [0.15, 0.2) is 42.5 Å². The molecule has 2 N–H and O–H groups in total. The minimum absolute atomic E-state index is 0.214. The molecule has 3 rings (SSSR count). The summed E-state index contributed by atoms with van der Waals surface area (Å²) in [5.41, 5.74) is 11.2. The first-order valence-electron chi connectivity index (χ1n) is 6.90. The highest BCUT2D eigenvalue weighted by Crippen LogP contribution is 2.35. The van der Waals surface area contributed by atoms with Crippen LogP contribution in [0.25, 0.3) is 11.1 Å². The zero-order valence-electron chi connectivity index (χ0n) is 11.2. The Hall–Kier alpha value is -1.80. The second kappa shape index (κ2) is 5.06. The number of benzene rings is 2. The van der Waals surface area contributed by atoms with Crippen molar-refractivity contribution >= 4 is 0 Å². The van der Waals surface area contributed by atoms with Gasteiger partial charge in [0, 0.05) is 11.6 Å². The van der Waals surface area contributed by atoms with E-state index in [4.69, 9.17) is 10.5 Å². The summed E-state index contributed by atoms with van der Waals surface area (Å²) in [6.45, 7) is 2.70. The van der Waals surface area contributed by atoms with Gasteiger partial charge in [0.1, 0.15) is 5.75 Å². The van der Waals surface area contributed by atoms with E-state index in [1.54, 1.807) is 0 Å². The lowest BCUT2D eigenvalue weighted by molar-refractivity contribution is 0.341. The summed E-state index contributed by atoms with van der Waals surface area (Å²) >= 11 is 0. The predicted molar refractivity (Wildman–Crippen MR) is 78.3 cm³/mol. The van der Waals surface area contributed by atoms with E-state index in [1.165, 1.54) is 16.7 Å². The van der Waals surface area contributed by atoms with Gasteiger partial charge >= 0.3 is 0 Å². The van der Waals surface area contributed by atoms with Crippen LogP contribution in [-0.2, 0) is 6.42 Å². The van der Waals surface area contributed by atoms with Crippen LogP contribution in [0, 0.1) is 0 Å². The van der Waals surface area contributed by atoms with Gasteiger partial charge in [0.2, 0.25) is 0 Å². The molecule has 0 saturated carbocycles. The molecule has 0 aliphatic heterocycles. The molecule has 0 radical (unpaired) electrons. The van der Waals surface area contributed by atoms with Gasteiger partial charge in [-0.1, -0.05) is 36.4 Å². The third-order valence-electron chi connectivity index (χ3n) is 3.77. The van der Waals surface area contributed by atoms with Gasteiger partial charge in [0.25, 0.3) is 0 Å². The van der Waals surface area contributed by atoms with Crippen molar-refractivity contribution in [2.24, 2.45) is 5.73 Å². The highest BCUT2D eigenvalue weighted by atomic mass is 16.5. The van der Waals surface area contributed by atoms with Gasteiger partial charge in [0.05, 0.1) is 6.61 Å². The van der Waals surface area contributed by atoms with Gasteiger partial charge in [-0.05, 0) is 42.5 Å². The van der Waals surface area contributed by atoms with E-state index in [1.807, 2.05) is 19.1 Å². The van der Waals surface area contributed by atoms with Crippen LogP contribution >= 0.6 is 0 Å². The summed E-state index contributed by atoms with van der Waals surface area (Å²) in [5, 5.41) is 0. The first-order valence-corrected chi connectivity index (χ1v) is 6.90. The summed E-state index contributed by atoms with van der Waals surface area (Å²) in [7, 11) is 0. The molecular formula is C17H19NO. The number of aryl methyl sites for hydroxylation is 1. The first-order chi connectivity index (χ1) is 9.29. The van der Waals surface area contributed by atoms with E-state index >= 15 is 0 Å². The van der Waals surface area contributed by atoms with Gasteiger partial charge in [-0.2, -0.15) is 0 Å². The summed E-state index contributed by atoms with van der Waals surface area (Å²) < 4.78 is 5.71. The van der Waals surface area contributed by atoms with Crippen molar-refractivity contribution < 1.29 is 4.74 Å². The number of ether oxygens (including phenoxy) is 1. The molecule has 0 heterocycles. The van der Waals surface area contributed by atoms with Gasteiger partial charge in [-0.15, -0.1) is 0 Å². The van der Waals surface area contributed by atoms with E-state index in [-0.39, 0.29) is 6.04 Å². The smallest absolute Gasteiger partial charge is 0.127 e. The highest BCUT2D eigenvalue weighted by Gasteiger charge is 2.19. The number of fused-ring (bicyclic) bond motifs is 1. The standard InChI is InChI=1S/C17H19NO/c1-2-19-17-6-4-3-5-15(17)13-7-9-14-12(11-13)8-10-16(14)18/h3-7,9,11,16H,2,8,10,18H2,1H3. The van der Waals surface area contributed by atoms with Crippen molar-refractivity contribution in [2.75, 3.05) is 6.61 Å². The normalized spacial score (nSPS) is 17.3. The molecule has 0 bridgehead atoms. The van der Waals surface area contributed by atoms with E-state index in [2.05, 4.69) is 30.3 Å². The summed E-state index contributed by atoms with van der Waals surface area (Å²) in [6.07, 6.45) is 2.15. The molecule has 2 aromatic rings. The van der Waals surface area contributed by atoms with Crippen molar-refractivity contribution in [1.82, 2.24) is 0 Å². The highest BCUT2D eigenvalue weighted by molar-refractivity contribution is 5.71. The molecular weight excluding hydrogens is 234 g/mol. The molecule has 0 fully saturated rings. The van der Waals surface area contributed by atoms with E-state index in [0.29, 0.717) is 6.61 Å². The molecule has 98 valence electrons. The lowest BCUT2D eigenvalue weighted by Gasteiger charge is -2.12. The molecule has 2 heteroatoms. The summed E-state index contributed by atoms with van der Waals surface area (Å²) in [6, 6.07) is 15.0. The minimum Gasteiger partial charge on any atom is -0.493 e. The predicted octanol–water partition coefficient (Wildman–Crippen LogP) is 3.70. The monoisotopic (exact) mass is 253 g/mol. The Kier molecular flexibility index (Phi) is 3.26. The van der Waals surface area contributed by atoms with Crippen molar-refractivity contribution in [3.63, 3.8) is 0 Å². The van der Waals surface area contributed by atoms with E-state index in [0.717, 1.165) is 24.2 Å². The maximum atomic E-state index is 6.09. The number of nitrogens with two attached hydrogens (primary N) is 1. The molecule has 0 spiro atoms. The van der Waals surface area contributed by atoms with Gasteiger partial charge in [-0.3, -0.25) is 0 Å². The zero-order valence-corrected chi connectivity index (χ0v) is 11.2. The van der Waals surface area contributed by atoms with Crippen LogP contribution in [0.2, 0.25) is 0 Å². The number of hydrogen-bond donors (Lipinski definition) is 1. The Bertz CT molecular complexity index is 592. The Morgan fingerprint density at radius 3 is 2.89 bits per heavy atom. The maximum absolute atomic E-state index is 6.09. The number of rotatable bonds is 3. The fourth-order valence-corrected chi connectivity index (χ4v) is 2.80. The quantitative estimate of drug-likeness (QED) is 0.905. The Labute approximate surface area is 114 Å². The van der Waals surface area contributed by atoms with E-state index in [9.17, 15) is 0 Å². The third kappa shape index (κ3) is 2.24. The van der Waals surface area contributed by atoms with Crippen LogP contribution in [0.3, 0.4) is 0 Å². The van der Waals surface area contributed by atoms with Crippen LogP contribution in [0.1, 0.15) is 30.5 Å². The van der Waals surface area contributed by atoms with Crippen LogP contribution in [0.4, 0.5) is 0 Å². The first kappa shape index (κ1) is 12.2. The Balaban J connectivity index is 2.03. The molecule has 0 saturated heterocycles. The van der Waals surface area contributed by atoms with Crippen LogP contribution in [0.5, 0.6) is 5.75 Å². The second-order valence-electron chi connectivity index (χ2n) is 4.99. The fourth-order valence-electron chi connectivity index (χ4n) is 2.80. The summed E-state index contributed by atoms with van der Waals surface area (Å²) in [4.78, 5) is 0. The average Bonchev–Trinajstić information content (AvgIpc) is 2.81. The molecule has 2 nitrogen and oxygen atoms in total. The zero-order chi connectivity index (χ0) is 13.2. The topological polar surface area (TPSA) is 35.2 Å². The molecule has 1 aliphatic carbocycles. The molecule has 0 amide bonds. The van der Waals surface area contributed by atoms with Gasteiger partial charge < -0.3 is 10.5 Å². The van der Waals surface area contributed by atoms with Gasteiger partial charge in [0.15, 0.2) is 0 Å². The SMILES string of the molecule is CCOc1ccccc1-c1ccc2c(c1)CCC2N. The Morgan fingerprint density at radius 1 is 1.21 bits per heavy atom. The molecule has 1 aliphatic rings. The van der Waals surface area contributed by atoms with Gasteiger partial charge in [-0.25, -0.2) is 0 Å². The maximum Gasteiger partial charge on any atom is 0.127 e. The van der Waals surface area contributed by atoms with Crippen molar-refractivity contribution in [1.29, 1.82) is 0 Å².